The van der Waals surface area contributed by atoms with Gasteiger partial charge in [-0.3, -0.25) is 4.68 Å². The maximum Gasteiger partial charge on any atom is 0.0999 e. The van der Waals surface area contributed by atoms with Crippen molar-refractivity contribution in [1.29, 1.82) is 0 Å². The van der Waals surface area contributed by atoms with Gasteiger partial charge in [0.05, 0.1) is 23.0 Å². The number of hydrogen-bond acceptors (Lipinski definition) is 2. The SMILES string of the molecule is CCCn1ncc(Cl)c1C(O)C1CCC(C)CC1. The van der Waals surface area contributed by atoms with Crippen LogP contribution in [0.25, 0.3) is 0 Å². The van der Waals surface area contributed by atoms with Crippen LogP contribution in [0.2, 0.25) is 5.02 Å². The highest BCUT2D eigenvalue weighted by Gasteiger charge is 2.29. The summed E-state index contributed by atoms with van der Waals surface area (Å²) in [6.45, 7) is 5.22. The van der Waals surface area contributed by atoms with E-state index in [1.54, 1.807) is 6.20 Å². The smallest absolute Gasteiger partial charge is 0.0999 e. The molecule has 1 N–H and O–H groups in total. The third kappa shape index (κ3) is 2.89. The summed E-state index contributed by atoms with van der Waals surface area (Å²) in [7, 11) is 0. The molecule has 0 spiro atoms. The summed E-state index contributed by atoms with van der Waals surface area (Å²) in [5.41, 5.74) is 0.818. The molecule has 0 amide bonds. The van der Waals surface area contributed by atoms with Crippen LogP contribution >= 0.6 is 11.6 Å². The summed E-state index contributed by atoms with van der Waals surface area (Å²) in [5, 5.41) is 15.4. The van der Waals surface area contributed by atoms with Crippen LogP contribution in [0.4, 0.5) is 0 Å². The fourth-order valence-corrected chi connectivity index (χ4v) is 3.13. The minimum atomic E-state index is -0.459. The molecule has 0 aromatic carbocycles. The molecule has 4 heteroatoms. The zero-order valence-electron chi connectivity index (χ0n) is 11.3. The van der Waals surface area contributed by atoms with Crippen molar-refractivity contribution >= 4 is 11.6 Å². The highest BCUT2D eigenvalue weighted by Crippen LogP contribution is 2.38. The summed E-state index contributed by atoms with van der Waals surface area (Å²) < 4.78 is 1.87. The van der Waals surface area contributed by atoms with Crippen LogP contribution in [-0.2, 0) is 6.54 Å². The lowest BCUT2D eigenvalue weighted by Crippen LogP contribution is -2.22. The number of halogens is 1. The average Bonchev–Trinajstić information content (AvgIpc) is 2.71. The zero-order chi connectivity index (χ0) is 13.1. The summed E-state index contributed by atoms with van der Waals surface area (Å²) in [6.07, 6.45) is 6.80. The maximum atomic E-state index is 10.6. The number of aromatic nitrogens is 2. The molecule has 102 valence electrons. The summed E-state index contributed by atoms with van der Waals surface area (Å²) in [4.78, 5) is 0. The Morgan fingerprint density at radius 2 is 2.11 bits per heavy atom. The van der Waals surface area contributed by atoms with Crippen molar-refractivity contribution in [1.82, 2.24) is 9.78 Å². The lowest BCUT2D eigenvalue weighted by Gasteiger charge is -2.30. The molecule has 18 heavy (non-hydrogen) atoms. The van der Waals surface area contributed by atoms with Crippen molar-refractivity contribution in [3.63, 3.8) is 0 Å². The van der Waals surface area contributed by atoms with Crippen LogP contribution in [0.5, 0.6) is 0 Å². The summed E-state index contributed by atoms with van der Waals surface area (Å²) >= 11 is 6.18. The first-order valence-electron chi connectivity index (χ1n) is 7.02. The molecule has 1 aliphatic rings. The van der Waals surface area contributed by atoms with Gasteiger partial charge in [-0.15, -0.1) is 0 Å². The molecule has 1 aromatic heterocycles. The van der Waals surface area contributed by atoms with E-state index < -0.39 is 6.10 Å². The van der Waals surface area contributed by atoms with Gasteiger partial charge in [-0.2, -0.15) is 5.10 Å². The number of aryl methyl sites for hydroxylation is 1. The van der Waals surface area contributed by atoms with E-state index >= 15 is 0 Å². The quantitative estimate of drug-likeness (QED) is 0.904. The van der Waals surface area contributed by atoms with Gasteiger partial charge < -0.3 is 5.11 Å². The maximum absolute atomic E-state index is 10.6. The van der Waals surface area contributed by atoms with Gasteiger partial charge in [0.15, 0.2) is 0 Å². The van der Waals surface area contributed by atoms with Crippen molar-refractivity contribution in [3.8, 4) is 0 Å². The van der Waals surface area contributed by atoms with Gasteiger partial charge in [-0.1, -0.05) is 38.3 Å². The molecular formula is C14H23ClN2O. The van der Waals surface area contributed by atoms with Crippen molar-refractivity contribution < 1.29 is 5.11 Å². The van der Waals surface area contributed by atoms with E-state index in [0.29, 0.717) is 10.9 Å². The van der Waals surface area contributed by atoms with E-state index in [2.05, 4.69) is 18.9 Å². The van der Waals surface area contributed by atoms with Crippen LogP contribution in [0.15, 0.2) is 6.20 Å². The van der Waals surface area contributed by atoms with E-state index in [-0.39, 0.29) is 0 Å². The molecule has 0 aliphatic heterocycles. The van der Waals surface area contributed by atoms with Crippen LogP contribution in [-0.4, -0.2) is 14.9 Å². The molecule has 0 saturated heterocycles. The fourth-order valence-electron chi connectivity index (χ4n) is 2.88. The highest BCUT2D eigenvalue weighted by atomic mass is 35.5. The highest BCUT2D eigenvalue weighted by molar-refractivity contribution is 6.31. The van der Waals surface area contributed by atoms with E-state index in [1.807, 2.05) is 4.68 Å². The average molecular weight is 271 g/mol. The van der Waals surface area contributed by atoms with Crippen molar-refractivity contribution in [2.45, 2.75) is 58.6 Å². The normalized spacial score (nSPS) is 26.2. The Balaban J connectivity index is 2.12. The standard InChI is InChI=1S/C14H23ClN2O/c1-3-8-17-13(12(15)9-16-17)14(18)11-6-4-10(2)5-7-11/h9-11,14,18H,3-8H2,1-2H3. The first-order valence-corrected chi connectivity index (χ1v) is 7.40. The molecule has 1 aromatic rings. The molecule has 1 fully saturated rings. The zero-order valence-corrected chi connectivity index (χ0v) is 12.0. The Labute approximate surface area is 114 Å². The Hall–Kier alpha value is -0.540. The topological polar surface area (TPSA) is 38.0 Å². The molecule has 1 saturated carbocycles. The van der Waals surface area contributed by atoms with Gasteiger partial charge in [0.2, 0.25) is 0 Å². The number of rotatable bonds is 4. The van der Waals surface area contributed by atoms with Gasteiger partial charge in [0.25, 0.3) is 0 Å². The fraction of sp³-hybridized carbons (Fsp3) is 0.786. The minimum absolute atomic E-state index is 0.339. The van der Waals surface area contributed by atoms with E-state index in [0.717, 1.165) is 37.4 Å². The summed E-state index contributed by atoms with van der Waals surface area (Å²) in [5.74, 6) is 1.13. The summed E-state index contributed by atoms with van der Waals surface area (Å²) in [6, 6.07) is 0. The molecule has 1 aliphatic carbocycles. The van der Waals surface area contributed by atoms with Gasteiger partial charge in [0, 0.05) is 6.54 Å². The number of nitrogens with zero attached hydrogens (tertiary/aromatic N) is 2. The van der Waals surface area contributed by atoms with Crippen LogP contribution in [0.3, 0.4) is 0 Å². The van der Waals surface area contributed by atoms with E-state index in [9.17, 15) is 5.11 Å². The Morgan fingerprint density at radius 1 is 1.44 bits per heavy atom. The lowest BCUT2D eigenvalue weighted by molar-refractivity contribution is 0.0680. The van der Waals surface area contributed by atoms with Crippen LogP contribution < -0.4 is 0 Å². The second-order valence-corrected chi connectivity index (χ2v) is 5.97. The third-order valence-corrected chi connectivity index (χ3v) is 4.35. The van der Waals surface area contributed by atoms with Crippen LogP contribution in [0.1, 0.15) is 57.7 Å². The predicted molar refractivity (Wildman–Crippen MR) is 73.6 cm³/mol. The number of aliphatic hydroxyl groups is 1. The number of hydrogen-bond donors (Lipinski definition) is 1. The second-order valence-electron chi connectivity index (χ2n) is 5.57. The Bertz CT molecular complexity index is 383. The van der Waals surface area contributed by atoms with Gasteiger partial charge >= 0.3 is 0 Å². The number of aliphatic hydroxyl groups excluding tert-OH is 1. The van der Waals surface area contributed by atoms with Crippen molar-refractivity contribution in [2.75, 3.05) is 0 Å². The first kappa shape index (κ1) is 13.9. The van der Waals surface area contributed by atoms with Crippen molar-refractivity contribution in [3.05, 3.63) is 16.9 Å². The molecule has 2 rings (SSSR count). The van der Waals surface area contributed by atoms with Crippen molar-refractivity contribution in [2.24, 2.45) is 11.8 Å². The largest absolute Gasteiger partial charge is 0.386 e. The monoisotopic (exact) mass is 270 g/mol. The predicted octanol–water partition coefficient (Wildman–Crippen LogP) is 3.81. The molecule has 0 bridgehead atoms. The van der Waals surface area contributed by atoms with E-state index in [4.69, 9.17) is 11.6 Å². The van der Waals surface area contributed by atoms with Gasteiger partial charge in [0.1, 0.15) is 0 Å². The minimum Gasteiger partial charge on any atom is -0.386 e. The third-order valence-electron chi connectivity index (χ3n) is 4.06. The Morgan fingerprint density at radius 3 is 2.72 bits per heavy atom. The molecule has 3 nitrogen and oxygen atoms in total. The van der Waals surface area contributed by atoms with Crippen LogP contribution in [0, 0.1) is 11.8 Å². The first-order chi connectivity index (χ1) is 8.63. The van der Waals surface area contributed by atoms with Gasteiger partial charge in [-0.05, 0) is 31.1 Å². The second kappa shape index (κ2) is 6.07. The Kier molecular flexibility index (Phi) is 4.68. The molecule has 1 heterocycles. The molecule has 1 atom stereocenters. The van der Waals surface area contributed by atoms with Gasteiger partial charge in [-0.25, -0.2) is 0 Å². The lowest BCUT2D eigenvalue weighted by atomic mass is 9.79. The molecule has 0 radical (unpaired) electrons. The van der Waals surface area contributed by atoms with E-state index in [1.165, 1.54) is 12.8 Å². The molecule has 1 unspecified atom stereocenters. The molecular weight excluding hydrogens is 248 g/mol.